The minimum atomic E-state index is -0.216. The van der Waals surface area contributed by atoms with Gasteiger partial charge in [-0.25, -0.2) is 4.99 Å². The fourth-order valence-corrected chi connectivity index (χ4v) is 3.40. The number of nitrogens with one attached hydrogen (secondary N) is 2. The third-order valence-electron chi connectivity index (χ3n) is 4.94. The second-order valence-electron chi connectivity index (χ2n) is 6.58. The molecule has 1 aliphatic heterocycles. The normalized spacial score (nSPS) is 18.3. The lowest BCUT2D eigenvalue weighted by Gasteiger charge is -2.44. The third-order valence-corrected chi connectivity index (χ3v) is 4.94. The number of allylic oxidation sites excluding steroid dienone is 1. The summed E-state index contributed by atoms with van der Waals surface area (Å²) in [7, 11) is 1.78. The topological polar surface area (TPSA) is 96.6 Å². The van der Waals surface area contributed by atoms with Crippen LogP contribution in [-0.2, 0) is 4.79 Å². The Morgan fingerprint density at radius 3 is 3.04 bits per heavy atom. The Morgan fingerprint density at radius 1 is 1.60 bits per heavy atom. The first-order valence-electron chi connectivity index (χ1n) is 8.38. The molecule has 0 spiro atoms. The van der Waals surface area contributed by atoms with Crippen molar-refractivity contribution in [2.24, 2.45) is 15.4 Å². The average molecular weight is 338 g/mol. The van der Waals surface area contributed by atoms with Gasteiger partial charge in [0.2, 0.25) is 5.91 Å². The van der Waals surface area contributed by atoms with E-state index < -0.39 is 0 Å². The molecule has 0 aromatic carbocycles. The Balaban J connectivity index is 1.76. The van der Waals surface area contributed by atoms with Gasteiger partial charge in [-0.3, -0.25) is 14.7 Å². The molecule has 1 aromatic rings. The molecule has 1 amide bonds. The maximum Gasteiger partial charge on any atom is 0.234 e. The van der Waals surface area contributed by atoms with Gasteiger partial charge in [0.1, 0.15) is 12.3 Å². The zero-order valence-corrected chi connectivity index (χ0v) is 14.4. The number of carbonyl (C=O) groups is 1. The van der Waals surface area contributed by atoms with E-state index in [1.165, 1.54) is 0 Å². The maximum absolute atomic E-state index is 11.7. The number of aliphatic imine (C=N–C) groups is 2. The van der Waals surface area contributed by atoms with E-state index >= 15 is 0 Å². The van der Waals surface area contributed by atoms with E-state index in [4.69, 9.17) is 5.26 Å². The number of amides is 1. The molecule has 2 heterocycles. The van der Waals surface area contributed by atoms with Gasteiger partial charge < -0.3 is 10.3 Å². The van der Waals surface area contributed by atoms with Gasteiger partial charge in [-0.15, -0.1) is 0 Å². The first-order valence-corrected chi connectivity index (χ1v) is 8.38. The molecule has 0 atom stereocenters. The molecule has 1 saturated carbocycles. The molecule has 3 rings (SSSR count). The van der Waals surface area contributed by atoms with Crippen LogP contribution in [0.15, 0.2) is 34.5 Å². The van der Waals surface area contributed by atoms with E-state index in [9.17, 15) is 4.79 Å². The highest BCUT2D eigenvalue weighted by Crippen LogP contribution is 2.45. The molecular weight excluding hydrogens is 316 g/mol. The standard InChI is InChI=1S/C18H22N6O/c1-13-11-22-17-14(5-9-21-17)24(13)15(20-2)10-18(6-3-7-18)12-23-16(25)4-8-19/h5,9,11,21H,1,3-4,6-7,10,12H2,2H3,(H,23,25). The molecular formula is C18H22N6O. The summed E-state index contributed by atoms with van der Waals surface area (Å²) in [5, 5.41) is 11.5. The number of hydrogen-bond acceptors (Lipinski definition) is 4. The highest BCUT2D eigenvalue weighted by atomic mass is 16.1. The number of H-pyrrole nitrogens is 1. The number of carbonyl (C=O) groups excluding carboxylic acids is 1. The summed E-state index contributed by atoms with van der Waals surface area (Å²) in [5.41, 5.74) is 1.71. The van der Waals surface area contributed by atoms with Crippen LogP contribution in [0.2, 0.25) is 0 Å². The van der Waals surface area contributed by atoms with Gasteiger partial charge in [-0.05, 0) is 24.3 Å². The molecule has 7 nitrogen and oxygen atoms in total. The molecule has 0 unspecified atom stereocenters. The number of anilines is 1. The van der Waals surface area contributed by atoms with Crippen molar-refractivity contribution in [2.75, 3.05) is 18.5 Å². The van der Waals surface area contributed by atoms with Crippen molar-refractivity contribution in [1.82, 2.24) is 10.3 Å². The van der Waals surface area contributed by atoms with Crippen LogP contribution in [0.4, 0.5) is 11.5 Å². The van der Waals surface area contributed by atoms with Gasteiger partial charge in [0.25, 0.3) is 0 Å². The van der Waals surface area contributed by atoms with Crippen LogP contribution in [-0.4, -0.2) is 36.5 Å². The second-order valence-corrected chi connectivity index (χ2v) is 6.58. The van der Waals surface area contributed by atoms with Crippen LogP contribution in [0.3, 0.4) is 0 Å². The number of nitriles is 1. The largest absolute Gasteiger partial charge is 0.355 e. The molecule has 1 fully saturated rings. The smallest absolute Gasteiger partial charge is 0.234 e. The van der Waals surface area contributed by atoms with Gasteiger partial charge >= 0.3 is 0 Å². The van der Waals surface area contributed by atoms with Crippen molar-refractivity contribution >= 4 is 29.5 Å². The van der Waals surface area contributed by atoms with E-state index in [-0.39, 0.29) is 17.7 Å². The lowest BCUT2D eigenvalue weighted by molar-refractivity contribution is -0.121. The first kappa shape index (κ1) is 17.0. The van der Waals surface area contributed by atoms with Crippen molar-refractivity contribution in [3.63, 3.8) is 0 Å². The van der Waals surface area contributed by atoms with E-state index in [0.29, 0.717) is 6.54 Å². The van der Waals surface area contributed by atoms with Crippen LogP contribution in [0.5, 0.6) is 0 Å². The van der Waals surface area contributed by atoms with Gasteiger partial charge in [0.15, 0.2) is 5.82 Å². The van der Waals surface area contributed by atoms with Crippen LogP contribution in [0.1, 0.15) is 32.1 Å². The summed E-state index contributed by atoms with van der Waals surface area (Å²) in [6.45, 7) is 4.66. The quantitative estimate of drug-likeness (QED) is 0.638. The molecule has 1 aromatic heterocycles. The number of aromatic nitrogens is 1. The summed E-state index contributed by atoms with van der Waals surface area (Å²) in [4.78, 5) is 25.6. The fraction of sp³-hybridized carbons (Fsp3) is 0.444. The van der Waals surface area contributed by atoms with E-state index in [1.807, 2.05) is 23.2 Å². The van der Waals surface area contributed by atoms with E-state index in [1.54, 1.807) is 13.3 Å². The van der Waals surface area contributed by atoms with Crippen molar-refractivity contribution in [1.29, 1.82) is 5.26 Å². The van der Waals surface area contributed by atoms with Crippen molar-refractivity contribution in [2.45, 2.75) is 32.1 Å². The van der Waals surface area contributed by atoms with Crippen LogP contribution < -0.4 is 10.2 Å². The number of fused-ring (bicyclic) bond motifs is 1. The van der Waals surface area contributed by atoms with E-state index in [2.05, 4.69) is 26.9 Å². The average Bonchev–Trinajstić information content (AvgIpc) is 3.03. The molecule has 1 aliphatic carbocycles. The monoisotopic (exact) mass is 338 g/mol. The predicted molar refractivity (Wildman–Crippen MR) is 98.1 cm³/mol. The minimum Gasteiger partial charge on any atom is -0.355 e. The Morgan fingerprint density at radius 2 is 2.40 bits per heavy atom. The summed E-state index contributed by atoms with van der Waals surface area (Å²) in [6.07, 6.45) is 7.43. The molecule has 0 saturated heterocycles. The molecule has 0 bridgehead atoms. The molecule has 130 valence electrons. The van der Waals surface area contributed by atoms with E-state index in [0.717, 1.165) is 48.7 Å². The van der Waals surface area contributed by atoms with Crippen molar-refractivity contribution in [3.8, 4) is 6.07 Å². The number of nitrogens with zero attached hydrogens (tertiary/aromatic N) is 4. The molecule has 7 heteroatoms. The summed E-state index contributed by atoms with van der Waals surface area (Å²) < 4.78 is 0. The fourth-order valence-electron chi connectivity index (χ4n) is 3.40. The Labute approximate surface area is 147 Å². The highest BCUT2D eigenvalue weighted by Gasteiger charge is 2.40. The first-order chi connectivity index (χ1) is 12.1. The predicted octanol–water partition coefficient (Wildman–Crippen LogP) is 2.67. The van der Waals surface area contributed by atoms with Crippen LogP contribution >= 0.6 is 0 Å². The van der Waals surface area contributed by atoms with Crippen LogP contribution in [0.25, 0.3) is 0 Å². The number of aromatic amines is 1. The SMILES string of the molecule is C=C1C=Nc2[nH]ccc2N1C(CC1(CNC(=O)CC#N)CCC1)=NC. The van der Waals surface area contributed by atoms with Gasteiger partial charge in [-0.1, -0.05) is 13.0 Å². The second kappa shape index (κ2) is 6.93. The Hall–Kier alpha value is -2.88. The highest BCUT2D eigenvalue weighted by molar-refractivity contribution is 6.10. The van der Waals surface area contributed by atoms with Gasteiger partial charge in [0, 0.05) is 26.2 Å². The lowest BCUT2D eigenvalue weighted by Crippen LogP contribution is -2.46. The Kier molecular flexibility index (Phi) is 4.70. The van der Waals surface area contributed by atoms with Crippen molar-refractivity contribution < 1.29 is 4.79 Å². The molecule has 0 radical (unpaired) electrons. The summed E-state index contributed by atoms with van der Waals surface area (Å²) >= 11 is 0. The van der Waals surface area contributed by atoms with Crippen molar-refractivity contribution in [3.05, 3.63) is 24.5 Å². The van der Waals surface area contributed by atoms with Gasteiger partial charge in [0.05, 0.1) is 23.7 Å². The summed E-state index contributed by atoms with van der Waals surface area (Å²) in [5.74, 6) is 1.48. The zero-order valence-electron chi connectivity index (χ0n) is 14.4. The third kappa shape index (κ3) is 3.33. The lowest BCUT2D eigenvalue weighted by atomic mass is 9.66. The Bertz CT molecular complexity index is 778. The molecule has 2 N–H and O–H groups in total. The minimum absolute atomic E-state index is 0.00863. The zero-order chi connectivity index (χ0) is 17.9. The number of amidine groups is 1. The molecule has 25 heavy (non-hydrogen) atoms. The number of hydrogen-bond donors (Lipinski definition) is 2. The summed E-state index contributed by atoms with van der Waals surface area (Å²) in [6, 6.07) is 3.85. The maximum atomic E-state index is 11.7. The van der Waals surface area contributed by atoms with Crippen LogP contribution in [0, 0.1) is 16.7 Å². The van der Waals surface area contributed by atoms with Gasteiger partial charge in [-0.2, -0.15) is 5.26 Å². The molecule has 2 aliphatic rings. The number of rotatable bonds is 5.